The Labute approximate surface area is 156 Å². The molecule has 1 aliphatic heterocycles. The largest absolute Gasteiger partial charge is 0.381 e. The highest BCUT2D eigenvalue weighted by Gasteiger charge is 2.20. The molecule has 27 heavy (non-hydrogen) atoms. The Hall–Kier alpha value is -3.06. The zero-order valence-electron chi connectivity index (χ0n) is 15.0. The van der Waals surface area contributed by atoms with Crippen molar-refractivity contribution in [2.75, 3.05) is 13.2 Å². The predicted octanol–water partition coefficient (Wildman–Crippen LogP) is 3.81. The molecule has 1 saturated heterocycles. The highest BCUT2D eigenvalue weighted by molar-refractivity contribution is 5.80. The van der Waals surface area contributed by atoms with E-state index in [0.29, 0.717) is 17.8 Å². The molecule has 1 aliphatic rings. The van der Waals surface area contributed by atoms with Gasteiger partial charge < -0.3 is 9.26 Å². The van der Waals surface area contributed by atoms with Crippen LogP contribution in [0, 0.1) is 6.92 Å². The number of aryl methyl sites for hydroxylation is 1. The highest BCUT2D eigenvalue weighted by atomic mass is 16.5. The molecule has 0 spiro atoms. The molecule has 7 nitrogen and oxygen atoms in total. The lowest BCUT2D eigenvalue weighted by Gasteiger charge is -2.22. The van der Waals surface area contributed by atoms with E-state index in [4.69, 9.17) is 9.26 Å². The van der Waals surface area contributed by atoms with Crippen LogP contribution in [0.3, 0.4) is 0 Å². The molecule has 0 saturated carbocycles. The average molecular weight is 361 g/mol. The average Bonchev–Trinajstić information content (AvgIpc) is 3.36. The Morgan fingerprint density at radius 3 is 2.78 bits per heavy atom. The lowest BCUT2D eigenvalue weighted by Crippen LogP contribution is -2.20. The molecule has 0 bridgehead atoms. The van der Waals surface area contributed by atoms with Gasteiger partial charge in [0.2, 0.25) is 5.82 Å². The number of rotatable bonds is 3. The van der Waals surface area contributed by atoms with Gasteiger partial charge in [-0.05, 0) is 43.5 Å². The second-order valence-electron chi connectivity index (χ2n) is 6.82. The molecule has 0 aliphatic carbocycles. The third-order valence-corrected chi connectivity index (χ3v) is 5.07. The molecule has 0 atom stereocenters. The van der Waals surface area contributed by atoms with Crippen LogP contribution in [-0.2, 0) is 4.74 Å². The molecule has 0 radical (unpaired) electrons. The fraction of sp³-hybridized carbons (Fsp3) is 0.300. The quantitative estimate of drug-likeness (QED) is 0.552. The van der Waals surface area contributed by atoms with E-state index in [1.807, 2.05) is 54.1 Å². The first-order chi connectivity index (χ1) is 13.3. The van der Waals surface area contributed by atoms with E-state index in [2.05, 4.69) is 20.5 Å². The molecule has 4 aromatic rings. The zero-order chi connectivity index (χ0) is 18.2. The van der Waals surface area contributed by atoms with Crippen LogP contribution in [0.5, 0.6) is 0 Å². The molecule has 5 rings (SSSR count). The van der Waals surface area contributed by atoms with Crippen LogP contribution in [0.2, 0.25) is 0 Å². The summed E-state index contributed by atoms with van der Waals surface area (Å²) in [7, 11) is 0. The predicted molar refractivity (Wildman–Crippen MR) is 100 cm³/mol. The van der Waals surface area contributed by atoms with Crippen molar-refractivity contribution in [3.63, 3.8) is 0 Å². The van der Waals surface area contributed by atoms with Crippen molar-refractivity contribution < 1.29 is 9.26 Å². The fourth-order valence-corrected chi connectivity index (χ4v) is 3.55. The Kier molecular flexibility index (Phi) is 3.94. The van der Waals surface area contributed by atoms with E-state index in [1.54, 1.807) is 0 Å². The first-order valence-corrected chi connectivity index (χ1v) is 9.12. The molecular weight excluding hydrogens is 342 g/mol. The summed E-state index contributed by atoms with van der Waals surface area (Å²) in [5.74, 6) is 1.07. The molecule has 0 unspecified atom stereocenters. The van der Waals surface area contributed by atoms with Gasteiger partial charge in [0.05, 0.1) is 11.6 Å². The maximum absolute atomic E-state index is 5.50. The second-order valence-corrected chi connectivity index (χ2v) is 6.82. The summed E-state index contributed by atoms with van der Waals surface area (Å²) >= 11 is 0. The molecule has 1 fully saturated rings. The number of nitrogens with zero attached hydrogens (tertiary/aromatic N) is 5. The van der Waals surface area contributed by atoms with Crippen molar-refractivity contribution in [1.29, 1.82) is 0 Å². The van der Waals surface area contributed by atoms with Crippen LogP contribution in [0.15, 0.2) is 47.0 Å². The zero-order valence-corrected chi connectivity index (χ0v) is 15.0. The third kappa shape index (κ3) is 2.90. The maximum Gasteiger partial charge on any atom is 0.258 e. The van der Waals surface area contributed by atoms with Gasteiger partial charge >= 0.3 is 0 Å². The monoisotopic (exact) mass is 361 g/mol. The lowest BCUT2D eigenvalue weighted by molar-refractivity contribution is 0.0669. The van der Waals surface area contributed by atoms with Crippen LogP contribution in [-0.4, -0.2) is 38.3 Å². The Balaban J connectivity index is 1.48. The molecule has 7 heteroatoms. The van der Waals surface area contributed by atoms with Crippen molar-refractivity contribution in [3.8, 4) is 22.8 Å². The van der Waals surface area contributed by atoms with Gasteiger partial charge in [-0.2, -0.15) is 4.98 Å². The summed E-state index contributed by atoms with van der Waals surface area (Å²) in [6, 6.07) is 14.3. The van der Waals surface area contributed by atoms with Crippen LogP contribution < -0.4 is 0 Å². The van der Waals surface area contributed by atoms with Crippen LogP contribution in [0.25, 0.3) is 33.9 Å². The summed E-state index contributed by atoms with van der Waals surface area (Å²) < 4.78 is 13.0. The molecule has 2 aromatic heterocycles. The maximum atomic E-state index is 5.50. The van der Waals surface area contributed by atoms with Crippen LogP contribution in [0.1, 0.15) is 24.4 Å². The van der Waals surface area contributed by atoms with Gasteiger partial charge in [-0.15, -0.1) is 5.10 Å². The molecule has 2 aromatic carbocycles. The second kappa shape index (κ2) is 6.59. The number of hydrogen-bond acceptors (Lipinski definition) is 6. The summed E-state index contributed by atoms with van der Waals surface area (Å²) in [6.45, 7) is 3.58. The van der Waals surface area contributed by atoms with Gasteiger partial charge in [0, 0.05) is 24.3 Å². The number of hydrogen-bond donors (Lipinski definition) is 0. The summed E-state index contributed by atoms with van der Waals surface area (Å²) in [4.78, 5) is 4.57. The summed E-state index contributed by atoms with van der Waals surface area (Å²) in [5, 5.41) is 12.8. The molecular formula is C20H19N5O2. The van der Waals surface area contributed by atoms with Gasteiger partial charge in [0.1, 0.15) is 5.52 Å². The topological polar surface area (TPSA) is 78.9 Å². The summed E-state index contributed by atoms with van der Waals surface area (Å²) in [6.07, 6.45) is 1.92. The normalized spacial score (nSPS) is 15.4. The Bertz CT molecular complexity index is 1090. The van der Waals surface area contributed by atoms with Crippen molar-refractivity contribution >= 4 is 11.0 Å². The van der Waals surface area contributed by atoms with Gasteiger partial charge in [0.25, 0.3) is 5.89 Å². The number of aromatic nitrogens is 5. The van der Waals surface area contributed by atoms with Gasteiger partial charge in [-0.25, -0.2) is 4.68 Å². The Morgan fingerprint density at radius 1 is 1.07 bits per heavy atom. The minimum Gasteiger partial charge on any atom is -0.381 e. The number of fused-ring (bicyclic) bond motifs is 1. The Morgan fingerprint density at radius 2 is 1.93 bits per heavy atom. The third-order valence-electron chi connectivity index (χ3n) is 5.07. The van der Waals surface area contributed by atoms with Gasteiger partial charge in [0.15, 0.2) is 0 Å². The van der Waals surface area contributed by atoms with E-state index in [0.717, 1.165) is 53.8 Å². The van der Waals surface area contributed by atoms with Crippen molar-refractivity contribution in [2.45, 2.75) is 25.8 Å². The smallest absolute Gasteiger partial charge is 0.258 e. The first kappa shape index (κ1) is 16.1. The fourth-order valence-electron chi connectivity index (χ4n) is 3.55. The molecule has 136 valence electrons. The van der Waals surface area contributed by atoms with E-state index >= 15 is 0 Å². The van der Waals surface area contributed by atoms with E-state index in [9.17, 15) is 0 Å². The van der Waals surface area contributed by atoms with Crippen molar-refractivity contribution in [2.24, 2.45) is 0 Å². The molecule has 0 N–H and O–H groups in total. The van der Waals surface area contributed by atoms with Crippen molar-refractivity contribution in [1.82, 2.24) is 25.1 Å². The minimum absolute atomic E-state index is 0.339. The van der Waals surface area contributed by atoms with E-state index in [-0.39, 0.29) is 0 Å². The lowest BCUT2D eigenvalue weighted by atomic mass is 10.1. The SMILES string of the molecule is Cc1ccccc1-c1noc(-c2ccc3c(c2)nnn3C2CCOCC2)n1. The molecule has 0 amide bonds. The number of ether oxygens (including phenoxy) is 1. The summed E-state index contributed by atoms with van der Waals surface area (Å²) in [5.41, 5.74) is 4.77. The van der Waals surface area contributed by atoms with Gasteiger partial charge in [-0.3, -0.25) is 0 Å². The van der Waals surface area contributed by atoms with Crippen molar-refractivity contribution in [3.05, 3.63) is 48.0 Å². The standard InChI is InChI=1S/C20H19N5O2/c1-13-4-2-3-5-16(13)19-21-20(27-23-19)14-6-7-18-17(12-14)22-24-25(18)15-8-10-26-11-9-15/h2-7,12,15H,8-11H2,1H3. The van der Waals surface area contributed by atoms with E-state index in [1.165, 1.54) is 0 Å². The van der Waals surface area contributed by atoms with E-state index < -0.39 is 0 Å². The van der Waals surface area contributed by atoms with Gasteiger partial charge in [-0.1, -0.05) is 34.6 Å². The number of benzene rings is 2. The van der Waals surface area contributed by atoms with Crippen LogP contribution in [0.4, 0.5) is 0 Å². The highest BCUT2D eigenvalue weighted by Crippen LogP contribution is 2.28. The minimum atomic E-state index is 0.339. The molecule has 3 heterocycles. The first-order valence-electron chi connectivity index (χ1n) is 9.12. The van der Waals surface area contributed by atoms with Crippen LogP contribution >= 0.6 is 0 Å².